The molecule has 0 amide bonds. The maximum atomic E-state index is 12.2. The van der Waals surface area contributed by atoms with Crippen LogP contribution in [0.4, 0.5) is 18.0 Å². The van der Waals surface area contributed by atoms with Crippen LogP contribution in [0.15, 0.2) is 0 Å². The van der Waals surface area contributed by atoms with Crippen molar-refractivity contribution in [1.29, 1.82) is 0 Å². The van der Waals surface area contributed by atoms with Crippen molar-refractivity contribution in [1.82, 2.24) is 0 Å². The van der Waals surface area contributed by atoms with Crippen LogP contribution in [-0.2, 0) is 18.6 Å². The van der Waals surface area contributed by atoms with E-state index in [-0.39, 0.29) is 6.61 Å². The Labute approximate surface area is 83.3 Å². The lowest BCUT2D eigenvalue weighted by atomic mass is 10.4. The topological polar surface area (TPSA) is 61.8 Å². The fourth-order valence-corrected chi connectivity index (χ4v) is 2.14. The minimum Gasteiger partial charge on any atom is -0.417 e. The van der Waals surface area contributed by atoms with Gasteiger partial charge < -0.3 is 14.0 Å². The number of hydrogen-bond acceptors (Lipinski definition) is 5. The zero-order chi connectivity index (χ0) is 11.6. The first-order valence-corrected chi connectivity index (χ1v) is 5.36. The minimum absolute atomic E-state index is 0.0313. The van der Waals surface area contributed by atoms with Crippen molar-refractivity contribution in [3.63, 3.8) is 0 Å². The first-order chi connectivity index (χ1) is 6.86. The fraction of sp³-hybridized carbons (Fsp3) is 0.833. The second-order valence-electron chi connectivity index (χ2n) is 2.62. The van der Waals surface area contributed by atoms with Gasteiger partial charge >= 0.3 is 12.3 Å². The molecule has 1 aliphatic heterocycles. The highest BCUT2D eigenvalue weighted by Gasteiger charge is 2.56. The van der Waals surface area contributed by atoms with Crippen molar-refractivity contribution >= 4 is 14.2 Å². The van der Waals surface area contributed by atoms with E-state index in [1.165, 1.54) is 6.92 Å². The zero-order valence-electron chi connectivity index (χ0n) is 7.54. The quantitative estimate of drug-likeness (QED) is 0.564. The van der Waals surface area contributed by atoms with Crippen LogP contribution in [0.1, 0.15) is 6.92 Å². The summed E-state index contributed by atoms with van der Waals surface area (Å²) < 4.78 is 60.4. The van der Waals surface area contributed by atoms with Crippen molar-refractivity contribution in [2.75, 3.05) is 6.61 Å². The molecule has 0 N–H and O–H groups in total. The summed E-state index contributed by atoms with van der Waals surface area (Å²) in [7, 11) is -3.12. The summed E-state index contributed by atoms with van der Waals surface area (Å²) in [6, 6.07) is 0. The molecule has 5 nitrogen and oxygen atoms in total. The van der Waals surface area contributed by atoms with Crippen LogP contribution in [-0.4, -0.2) is 30.9 Å². The van der Waals surface area contributed by atoms with Gasteiger partial charge in [-0.05, 0) is 6.92 Å². The number of ether oxygens (including phenoxy) is 2. The van der Waals surface area contributed by atoms with Gasteiger partial charge in [0.1, 0.15) is 0 Å². The fourth-order valence-electron chi connectivity index (χ4n) is 0.993. The third-order valence-corrected chi connectivity index (χ3v) is 3.02. The molecule has 3 unspecified atom stereocenters. The van der Waals surface area contributed by atoms with Crippen LogP contribution < -0.4 is 0 Å². The molecule has 1 fully saturated rings. The van der Waals surface area contributed by atoms with Gasteiger partial charge in [-0.25, -0.2) is 4.79 Å². The molecule has 1 aliphatic rings. The van der Waals surface area contributed by atoms with Gasteiger partial charge in [-0.2, -0.15) is 13.2 Å². The minimum atomic E-state index is -4.81. The third kappa shape index (κ3) is 2.85. The Morgan fingerprint density at radius 2 is 2.07 bits per heavy atom. The van der Waals surface area contributed by atoms with Gasteiger partial charge in [0.15, 0.2) is 0 Å². The van der Waals surface area contributed by atoms with E-state index in [0.717, 1.165) is 0 Å². The molecular formula is C6H8F3O5P. The van der Waals surface area contributed by atoms with Crippen molar-refractivity contribution in [3.05, 3.63) is 0 Å². The monoisotopic (exact) mass is 248 g/mol. The maximum Gasteiger partial charge on any atom is 0.510 e. The van der Waals surface area contributed by atoms with Crippen molar-refractivity contribution in [3.8, 4) is 0 Å². The van der Waals surface area contributed by atoms with Gasteiger partial charge in [0.05, 0.1) is 6.61 Å². The summed E-state index contributed by atoms with van der Waals surface area (Å²) in [6.45, 7) is 1.43. The lowest BCUT2D eigenvalue weighted by Crippen LogP contribution is -2.36. The van der Waals surface area contributed by atoms with Crippen molar-refractivity contribution in [2.45, 2.75) is 25.0 Å². The number of carbonyl (C=O) groups is 1. The average Bonchev–Trinajstić information content (AvgIpc) is 2.47. The SMILES string of the molecule is CCO[PH](=O)C1OC(=O)OC1C(F)(F)F. The predicted octanol–water partition coefficient (Wildman–Crippen LogP) is 1.92. The first kappa shape index (κ1) is 12.3. The van der Waals surface area contributed by atoms with Crippen LogP contribution in [0.2, 0.25) is 0 Å². The number of carbonyl (C=O) groups excluding carboxylic acids is 1. The molecule has 1 saturated heterocycles. The second-order valence-corrected chi connectivity index (χ2v) is 4.12. The highest BCUT2D eigenvalue weighted by molar-refractivity contribution is 7.39. The third-order valence-electron chi connectivity index (χ3n) is 1.56. The first-order valence-electron chi connectivity index (χ1n) is 3.97. The van der Waals surface area contributed by atoms with Crippen LogP contribution in [0.25, 0.3) is 0 Å². The number of hydrogen-bond donors (Lipinski definition) is 0. The Hall–Kier alpha value is -0.750. The molecule has 0 aliphatic carbocycles. The van der Waals surface area contributed by atoms with E-state index in [4.69, 9.17) is 0 Å². The van der Waals surface area contributed by atoms with Gasteiger partial charge in [0.25, 0.3) is 0 Å². The Balaban J connectivity index is 2.77. The molecule has 0 aromatic carbocycles. The summed E-state index contributed by atoms with van der Waals surface area (Å²) in [5, 5.41) is 0. The number of alkyl halides is 3. The standard InChI is InChI=1S/C6H8F3O5P/c1-2-12-15(11)4-3(6(7,8)9)13-5(10)14-4/h3-4,15H,2H2,1H3. The van der Waals surface area contributed by atoms with Gasteiger partial charge in [0.2, 0.25) is 20.0 Å². The second kappa shape index (κ2) is 4.40. The molecule has 9 heteroatoms. The Morgan fingerprint density at radius 1 is 1.47 bits per heavy atom. The van der Waals surface area contributed by atoms with Crippen molar-refractivity contribution < 1.29 is 36.5 Å². The lowest BCUT2D eigenvalue weighted by molar-refractivity contribution is -0.197. The summed E-state index contributed by atoms with van der Waals surface area (Å²) in [5.74, 6) is -1.89. The summed E-state index contributed by atoms with van der Waals surface area (Å²) in [6.07, 6.45) is -8.81. The van der Waals surface area contributed by atoms with Crippen molar-refractivity contribution in [2.24, 2.45) is 0 Å². The summed E-state index contributed by atoms with van der Waals surface area (Å²) >= 11 is 0. The smallest absolute Gasteiger partial charge is 0.417 e. The zero-order valence-corrected chi connectivity index (χ0v) is 8.54. The van der Waals surface area contributed by atoms with Crippen LogP contribution >= 0.6 is 8.03 Å². The molecule has 0 bridgehead atoms. The normalized spacial score (nSPS) is 28.4. The van der Waals surface area contributed by atoms with E-state index < -0.39 is 32.3 Å². The number of cyclic esters (lactones) is 2. The van der Waals surface area contributed by atoms with E-state index in [1.54, 1.807) is 0 Å². The van der Waals surface area contributed by atoms with E-state index in [2.05, 4.69) is 14.0 Å². The van der Waals surface area contributed by atoms with Gasteiger partial charge in [-0.1, -0.05) is 0 Å². The highest BCUT2D eigenvalue weighted by Crippen LogP contribution is 2.43. The number of rotatable bonds is 3. The molecule has 0 aromatic heterocycles. The molecule has 3 atom stereocenters. The van der Waals surface area contributed by atoms with E-state index >= 15 is 0 Å². The molecule has 1 heterocycles. The van der Waals surface area contributed by atoms with Gasteiger partial charge in [-0.15, -0.1) is 0 Å². The molecule has 1 rings (SSSR count). The molecular weight excluding hydrogens is 240 g/mol. The molecule has 0 radical (unpaired) electrons. The predicted molar refractivity (Wildman–Crippen MR) is 41.8 cm³/mol. The molecule has 0 saturated carbocycles. The largest absolute Gasteiger partial charge is 0.510 e. The van der Waals surface area contributed by atoms with Crippen LogP contribution in [0, 0.1) is 0 Å². The average molecular weight is 248 g/mol. The van der Waals surface area contributed by atoms with Gasteiger partial charge in [0, 0.05) is 0 Å². The number of halogens is 3. The summed E-state index contributed by atoms with van der Waals surface area (Å²) in [5.41, 5.74) is 0. The Kier molecular flexibility index (Phi) is 3.62. The van der Waals surface area contributed by atoms with Gasteiger partial charge in [-0.3, -0.25) is 4.57 Å². The Morgan fingerprint density at radius 3 is 2.53 bits per heavy atom. The molecule has 0 spiro atoms. The van der Waals surface area contributed by atoms with E-state index in [9.17, 15) is 22.5 Å². The molecule has 88 valence electrons. The lowest BCUT2D eigenvalue weighted by Gasteiger charge is -2.17. The molecule has 0 aromatic rings. The Bertz CT molecular complexity index is 278. The van der Waals surface area contributed by atoms with E-state index in [1.807, 2.05) is 0 Å². The summed E-state index contributed by atoms with van der Waals surface area (Å²) in [4.78, 5) is 10.5. The molecule has 15 heavy (non-hydrogen) atoms. The van der Waals surface area contributed by atoms with Crippen LogP contribution in [0.5, 0.6) is 0 Å². The highest BCUT2D eigenvalue weighted by atomic mass is 31.1. The maximum absolute atomic E-state index is 12.2. The van der Waals surface area contributed by atoms with Crippen LogP contribution in [0.3, 0.4) is 0 Å². The van der Waals surface area contributed by atoms with E-state index in [0.29, 0.717) is 0 Å².